The Balaban J connectivity index is 2.10. The Morgan fingerprint density at radius 1 is 1.46 bits per heavy atom. The van der Waals surface area contributed by atoms with Gasteiger partial charge in [-0.15, -0.1) is 0 Å². The molecule has 8 nitrogen and oxygen atoms in total. The third kappa shape index (κ3) is 4.20. The lowest BCUT2D eigenvalue weighted by Gasteiger charge is -2.40. The Hall–Kier alpha value is -2.00. The summed E-state index contributed by atoms with van der Waals surface area (Å²) in [6.45, 7) is 7.25. The number of dihydropyridines is 1. The van der Waals surface area contributed by atoms with Gasteiger partial charge < -0.3 is 30.0 Å². The monoisotopic (exact) mass is 391 g/mol. The van der Waals surface area contributed by atoms with Gasteiger partial charge in [-0.3, -0.25) is 4.79 Å². The number of aliphatic hydroxyl groups excluding tert-OH is 1. The van der Waals surface area contributed by atoms with Crippen LogP contribution in [0.4, 0.5) is 0 Å². The summed E-state index contributed by atoms with van der Waals surface area (Å²) < 4.78 is 16.3. The first kappa shape index (κ1) is 20.7. The van der Waals surface area contributed by atoms with Crippen molar-refractivity contribution in [1.82, 2.24) is 10.3 Å². The van der Waals surface area contributed by atoms with E-state index in [1.165, 1.54) is 12.7 Å². The molecule has 1 aromatic heterocycles. The lowest BCUT2D eigenvalue weighted by atomic mass is 9.69. The average Bonchev–Trinajstić information content (AvgIpc) is 3.14. The van der Waals surface area contributed by atoms with Gasteiger partial charge in [-0.25, -0.2) is 4.98 Å². The van der Waals surface area contributed by atoms with Crippen molar-refractivity contribution >= 4 is 5.78 Å². The Kier molecular flexibility index (Phi) is 6.34. The summed E-state index contributed by atoms with van der Waals surface area (Å²) in [5, 5.41) is 14.1. The normalized spacial score (nSPS) is 22.9. The summed E-state index contributed by atoms with van der Waals surface area (Å²) in [5.41, 5.74) is 8.60. The number of nitrogens with zero attached hydrogens (tertiary/aromatic N) is 1. The molecule has 0 bridgehead atoms. The van der Waals surface area contributed by atoms with Gasteiger partial charge in [-0.2, -0.15) is 0 Å². The summed E-state index contributed by atoms with van der Waals surface area (Å²) in [6.07, 6.45) is 2.77. The summed E-state index contributed by atoms with van der Waals surface area (Å²) >= 11 is 0. The van der Waals surface area contributed by atoms with E-state index in [1.54, 1.807) is 6.92 Å². The van der Waals surface area contributed by atoms with Crippen LogP contribution in [0.2, 0.25) is 0 Å². The number of aromatic nitrogens is 1. The fraction of sp³-hybridized carbons (Fsp3) is 0.600. The van der Waals surface area contributed by atoms with E-state index in [-0.39, 0.29) is 17.8 Å². The number of ether oxygens (including phenoxy) is 2. The van der Waals surface area contributed by atoms with Gasteiger partial charge in [0, 0.05) is 42.1 Å². The van der Waals surface area contributed by atoms with Crippen molar-refractivity contribution in [2.75, 3.05) is 26.4 Å². The molecule has 3 rings (SSSR count). The molecule has 1 aliphatic heterocycles. The third-order valence-corrected chi connectivity index (χ3v) is 5.02. The van der Waals surface area contributed by atoms with E-state index in [4.69, 9.17) is 19.6 Å². The number of hydrogen-bond acceptors (Lipinski definition) is 8. The molecule has 2 unspecified atom stereocenters. The standard InChI is InChI=1S/C20H29N3O5/c1-4-28-19(25)18-14(10-26-6-5-21)23-12-7-20(2,3)8-15(24)16(12)17(18)13-9-27-11-22-13/h9,11,17,19,23,25H,4-8,10,21H2,1-3H3. The minimum Gasteiger partial charge on any atom is -0.451 e. The number of Topliss-reactive ketones (excluding diaryl/α,β-unsaturated/α-hetero) is 1. The van der Waals surface area contributed by atoms with Crippen molar-refractivity contribution in [3.63, 3.8) is 0 Å². The first-order valence-electron chi connectivity index (χ1n) is 9.59. The van der Waals surface area contributed by atoms with Crippen LogP contribution in [0.1, 0.15) is 45.2 Å². The summed E-state index contributed by atoms with van der Waals surface area (Å²) in [4.78, 5) is 17.4. The number of carbonyl (C=O) groups is 1. The molecule has 8 heteroatoms. The highest BCUT2D eigenvalue weighted by Crippen LogP contribution is 2.47. The number of hydrogen-bond donors (Lipinski definition) is 3. The van der Waals surface area contributed by atoms with Crippen molar-refractivity contribution in [3.8, 4) is 0 Å². The molecule has 0 radical (unpaired) electrons. The topological polar surface area (TPSA) is 120 Å². The van der Waals surface area contributed by atoms with Crippen LogP contribution < -0.4 is 11.1 Å². The van der Waals surface area contributed by atoms with Gasteiger partial charge in [0.2, 0.25) is 0 Å². The number of allylic oxidation sites excluding steroid dienone is 2. The van der Waals surface area contributed by atoms with Gasteiger partial charge >= 0.3 is 0 Å². The molecular formula is C20H29N3O5. The number of aliphatic hydroxyl groups is 1. The lowest BCUT2D eigenvalue weighted by Crippen LogP contribution is -2.41. The fourth-order valence-corrected chi connectivity index (χ4v) is 3.95. The maximum atomic E-state index is 13.1. The molecular weight excluding hydrogens is 362 g/mol. The van der Waals surface area contributed by atoms with Crippen LogP contribution in [0.3, 0.4) is 0 Å². The zero-order chi connectivity index (χ0) is 20.3. The number of nitrogens with one attached hydrogen (secondary N) is 1. The molecule has 2 atom stereocenters. The van der Waals surface area contributed by atoms with Crippen LogP contribution >= 0.6 is 0 Å². The molecule has 1 aromatic rings. The fourth-order valence-electron chi connectivity index (χ4n) is 3.95. The van der Waals surface area contributed by atoms with Gasteiger partial charge in [-0.05, 0) is 18.8 Å². The van der Waals surface area contributed by atoms with Crippen LogP contribution in [-0.4, -0.2) is 48.5 Å². The van der Waals surface area contributed by atoms with Gasteiger partial charge in [-0.1, -0.05) is 13.8 Å². The third-order valence-electron chi connectivity index (χ3n) is 5.02. The Bertz CT molecular complexity index is 767. The second-order valence-electron chi connectivity index (χ2n) is 7.89. The largest absolute Gasteiger partial charge is 0.451 e. The Morgan fingerprint density at radius 3 is 2.89 bits per heavy atom. The SMILES string of the molecule is CCOC(O)C1=C(COCCN)NC2=C(C(=O)CC(C)(C)C2)C1c1cocn1. The molecule has 28 heavy (non-hydrogen) atoms. The highest BCUT2D eigenvalue weighted by atomic mass is 16.6. The zero-order valence-corrected chi connectivity index (χ0v) is 16.7. The first-order chi connectivity index (χ1) is 13.4. The molecule has 154 valence electrons. The molecule has 2 heterocycles. The summed E-state index contributed by atoms with van der Waals surface area (Å²) in [6, 6.07) is 0. The smallest absolute Gasteiger partial charge is 0.180 e. The number of nitrogens with two attached hydrogens (primary N) is 1. The van der Waals surface area contributed by atoms with Crippen molar-refractivity contribution in [1.29, 1.82) is 0 Å². The van der Waals surface area contributed by atoms with Crippen molar-refractivity contribution in [2.24, 2.45) is 11.1 Å². The minimum absolute atomic E-state index is 0.0369. The summed E-state index contributed by atoms with van der Waals surface area (Å²) in [5.74, 6) is -0.508. The van der Waals surface area contributed by atoms with Crippen molar-refractivity contribution in [3.05, 3.63) is 40.9 Å². The molecule has 4 N–H and O–H groups in total. The first-order valence-corrected chi connectivity index (χ1v) is 9.59. The zero-order valence-electron chi connectivity index (χ0n) is 16.7. The van der Waals surface area contributed by atoms with E-state index < -0.39 is 12.2 Å². The second-order valence-corrected chi connectivity index (χ2v) is 7.89. The predicted octanol–water partition coefficient (Wildman–Crippen LogP) is 1.59. The van der Waals surface area contributed by atoms with Gasteiger partial charge in [0.15, 0.2) is 18.5 Å². The van der Waals surface area contributed by atoms with E-state index in [1.807, 2.05) is 0 Å². The minimum atomic E-state index is -1.20. The van der Waals surface area contributed by atoms with Gasteiger partial charge in [0.1, 0.15) is 6.26 Å². The number of carbonyl (C=O) groups excluding carboxylic acids is 1. The van der Waals surface area contributed by atoms with Crippen LogP contribution in [0.15, 0.2) is 39.6 Å². The van der Waals surface area contributed by atoms with E-state index >= 15 is 0 Å². The number of oxazole rings is 1. The van der Waals surface area contributed by atoms with Gasteiger partial charge in [0.05, 0.1) is 24.8 Å². The quantitative estimate of drug-likeness (QED) is 0.451. The number of ketones is 1. The van der Waals surface area contributed by atoms with Crippen LogP contribution in [0.5, 0.6) is 0 Å². The maximum Gasteiger partial charge on any atom is 0.180 e. The maximum absolute atomic E-state index is 13.1. The highest BCUT2D eigenvalue weighted by molar-refractivity contribution is 6.00. The Labute approximate surface area is 164 Å². The van der Waals surface area contributed by atoms with E-state index in [0.29, 0.717) is 55.1 Å². The van der Waals surface area contributed by atoms with E-state index in [2.05, 4.69) is 24.1 Å². The van der Waals surface area contributed by atoms with Crippen LogP contribution in [-0.2, 0) is 14.3 Å². The van der Waals surface area contributed by atoms with Crippen LogP contribution in [0, 0.1) is 5.41 Å². The average molecular weight is 391 g/mol. The Morgan fingerprint density at radius 2 is 2.25 bits per heavy atom. The highest BCUT2D eigenvalue weighted by Gasteiger charge is 2.44. The molecule has 0 saturated heterocycles. The molecule has 1 aliphatic carbocycles. The molecule has 0 aromatic carbocycles. The molecule has 2 aliphatic rings. The molecule has 0 saturated carbocycles. The molecule has 0 spiro atoms. The van der Waals surface area contributed by atoms with Gasteiger partial charge in [0.25, 0.3) is 0 Å². The van der Waals surface area contributed by atoms with E-state index in [0.717, 1.165) is 5.70 Å². The lowest BCUT2D eigenvalue weighted by molar-refractivity contribution is -0.118. The molecule has 0 amide bonds. The second kappa shape index (κ2) is 8.57. The van der Waals surface area contributed by atoms with E-state index in [9.17, 15) is 9.90 Å². The number of rotatable bonds is 8. The van der Waals surface area contributed by atoms with Crippen LogP contribution in [0.25, 0.3) is 0 Å². The molecule has 0 fully saturated rings. The summed E-state index contributed by atoms with van der Waals surface area (Å²) in [7, 11) is 0. The van der Waals surface area contributed by atoms with Crippen molar-refractivity contribution in [2.45, 2.75) is 45.8 Å². The van der Waals surface area contributed by atoms with Crippen molar-refractivity contribution < 1.29 is 23.8 Å². The predicted molar refractivity (Wildman–Crippen MR) is 102 cm³/mol.